The van der Waals surface area contributed by atoms with Crippen LogP contribution in [0.4, 0.5) is 0 Å². The summed E-state index contributed by atoms with van der Waals surface area (Å²) in [6.07, 6.45) is 10.8. The summed E-state index contributed by atoms with van der Waals surface area (Å²) < 4.78 is 0. The molecule has 2 rings (SSSR count). The van der Waals surface area contributed by atoms with Crippen LogP contribution < -0.4 is 0 Å². The van der Waals surface area contributed by atoms with Gasteiger partial charge in [0.1, 0.15) is 0 Å². The van der Waals surface area contributed by atoms with Crippen molar-refractivity contribution in [2.75, 3.05) is 0 Å². The van der Waals surface area contributed by atoms with Gasteiger partial charge >= 0.3 is 0 Å². The first-order valence-corrected chi connectivity index (χ1v) is 7.44. The van der Waals surface area contributed by atoms with Crippen molar-refractivity contribution in [2.45, 2.75) is 88.6 Å². The van der Waals surface area contributed by atoms with Gasteiger partial charge in [0.25, 0.3) is 0 Å². The first-order chi connectivity index (χ1) is 8.62. The van der Waals surface area contributed by atoms with E-state index in [2.05, 4.69) is 0 Å². The maximum Gasteiger partial charge on any atom is 0.199 e. The molecule has 0 atom stereocenters. The summed E-state index contributed by atoms with van der Waals surface area (Å²) in [6.45, 7) is 0. The van der Waals surface area contributed by atoms with Gasteiger partial charge in [-0.05, 0) is 25.7 Å². The van der Waals surface area contributed by atoms with Crippen LogP contribution in [0.1, 0.15) is 77.0 Å². The predicted octanol–water partition coefficient (Wildman–Crippen LogP) is 3.02. The molecule has 2 N–H and O–H groups in total. The van der Waals surface area contributed by atoms with Gasteiger partial charge in [-0.3, -0.25) is 0 Å². The van der Waals surface area contributed by atoms with Crippen LogP contribution in [-0.2, 0) is 9.78 Å². The Morgan fingerprint density at radius 2 is 0.778 bits per heavy atom. The van der Waals surface area contributed by atoms with Gasteiger partial charge in [0.15, 0.2) is 11.6 Å². The normalized spacial score (nSPS) is 28.3. The van der Waals surface area contributed by atoms with Crippen molar-refractivity contribution in [1.82, 2.24) is 0 Å². The summed E-state index contributed by atoms with van der Waals surface area (Å²) in [5.74, 6) is -2.39. The molecule has 2 fully saturated rings. The molecule has 0 radical (unpaired) electrons. The Morgan fingerprint density at radius 3 is 1.06 bits per heavy atom. The first-order valence-electron chi connectivity index (χ1n) is 7.44. The highest BCUT2D eigenvalue weighted by Gasteiger charge is 2.36. The zero-order valence-electron chi connectivity index (χ0n) is 11.2. The molecule has 2 aliphatic carbocycles. The van der Waals surface area contributed by atoms with Crippen molar-refractivity contribution in [3.63, 3.8) is 0 Å². The van der Waals surface area contributed by atoms with Crippen LogP contribution >= 0.6 is 0 Å². The van der Waals surface area contributed by atoms with Crippen LogP contribution in [0.3, 0.4) is 0 Å². The van der Waals surface area contributed by atoms with E-state index in [1.54, 1.807) is 0 Å². The molecule has 0 aliphatic heterocycles. The summed E-state index contributed by atoms with van der Waals surface area (Å²) in [4.78, 5) is 10.5. The Morgan fingerprint density at radius 1 is 0.500 bits per heavy atom. The summed E-state index contributed by atoms with van der Waals surface area (Å²) in [5, 5.41) is 20.6. The fraction of sp³-hybridized carbons (Fsp3) is 1.00. The average molecular weight is 258 g/mol. The molecule has 18 heavy (non-hydrogen) atoms. The summed E-state index contributed by atoms with van der Waals surface area (Å²) in [7, 11) is 0. The standard InChI is InChI=1S/C14H26O4/c15-13(9-5-1-2-6-10-13)17-18-14(16)11-7-3-4-8-12-14/h15-16H,1-12H2. The lowest BCUT2D eigenvalue weighted by Gasteiger charge is -2.31. The second-order valence-corrected chi connectivity index (χ2v) is 5.89. The van der Waals surface area contributed by atoms with E-state index in [9.17, 15) is 10.2 Å². The molecule has 0 aromatic rings. The molecule has 4 heteroatoms. The molecule has 2 aliphatic rings. The van der Waals surface area contributed by atoms with E-state index >= 15 is 0 Å². The maximum atomic E-state index is 10.3. The van der Waals surface area contributed by atoms with Crippen molar-refractivity contribution in [3.8, 4) is 0 Å². The highest BCUT2D eigenvalue weighted by molar-refractivity contribution is 4.73. The van der Waals surface area contributed by atoms with Crippen LogP contribution in [-0.4, -0.2) is 21.8 Å². The Labute approximate surface area is 109 Å². The van der Waals surface area contributed by atoms with E-state index in [4.69, 9.17) is 9.78 Å². The Hall–Kier alpha value is -0.160. The minimum Gasteiger partial charge on any atom is -0.363 e. The van der Waals surface area contributed by atoms with Crippen LogP contribution in [0, 0.1) is 0 Å². The maximum absolute atomic E-state index is 10.3. The topological polar surface area (TPSA) is 58.9 Å². The number of aliphatic hydroxyl groups is 2. The lowest BCUT2D eigenvalue weighted by atomic mass is 10.1. The molecule has 0 bridgehead atoms. The Kier molecular flexibility index (Phi) is 5.01. The zero-order valence-corrected chi connectivity index (χ0v) is 11.2. The third-order valence-electron chi connectivity index (χ3n) is 4.12. The molecule has 0 saturated heterocycles. The average Bonchev–Trinajstić information content (AvgIpc) is 2.69. The van der Waals surface area contributed by atoms with Crippen LogP contribution in [0.15, 0.2) is 0 Å². The summed E-state index contributed by atoms with van der Waals surface area (Å²) in [5.41, 5.74) is 0. The smallest absolute Gasteiger partial charge is 0.199 e. The highest BCUT2D eigenvalue weighted by atomic mass is 17.2. The van der Waals surface area contributed by atoms with Crippen LogP contribution in [0.2, 0.25) is 0 Å². The minimum absolute atomic E-state index is 0.600. The molecule has 0 amide bonds. The Bertz CT molecular complexity index is 212. The largest absolute Gasteiger partial charge is 0.363 e. The van der Waals surface area contributed by atoms with Crippen molar-refractivity contribution < 1.29 is 20.0 Å². The molecule has 0 unspecified atom stereocenters. The van der Waals surface area contributed by atoms with E-state index in [1.165, 1.54) is 0 Å². The van der Waals surface area contributed by atoms with Gasteiger partial charge < -0.3 is 10.2 Å². The third-order valence-corrected chi connectivity index (χ3v) is 4.12. The van der Waals surface area contributed by atoms with Gasteiger partial charge in [-0.1, -0.05) is 25.7 Å². The van der Waals surface area contributed by atoms with Gasteiger partial charge in [-0.15, -0.1) is 0 Å². The van der Waals surface area contributed by atoms with Gasteiger partial charge in [-0.2, -0.15) is 9.78 Å². The third kappa shape index (κ3) is 4.19. The molecular weight excluding hydrogens is 232 g/mol. The molecule has 0 spiro atoms. The first kappa shape index (κ1) is 14.3. The van der Waals surface area contributed by atoms with Gasteiger partial charge in [-0.25, -0.2) is 0 Å². The van der Waals surface area contributed by atoms with Crippen molar-refractivity contribution in [1.29, 1.82) is 0 Å². The lowest BCUT2D eigenvalue weighted by molar-refractivity contribution is -0.497. The molecule has 106 valence electrons. The molecule has 2 saturated carbocycles. The second kappa shape index (κ2) is 6.33. The molecule has 0 aromatic carbocycles. The quantitative estimate of drug-likeness (QED) is 0.353. The fourth-order valence-corrected chi connectivity index (χ4v) is 2.88. The van der Waals surface area contributed by atoms with E-state index in [1.807, 2.05) is 0 Å². The second-order valence-electron chi connectivity index (χ2n) is 5.89. The lowest BCUT2D eigenvalue weighted by Crippen LogP contribution is -2.39. The van der Waals surface area contributed by atoms with Gasteiger partial charge in [0, 0.05) is 25.7 Å². The molecule has 0 aromatic heterocycles. The molecule has 4 nitrogen and oxygen atoms in total. The number of rotatable bonds is 3. The zero-order chi connectivity index (χ0) is 12.9. The molecular formula is C14H26O4. The monoisotopic (exact) mass is 258 g/mol. The summed E-state index contributed by atoms with van der Waals surface area (Å²) >= 11 is 0. The number of hydrogen-bond acceptors (Lipinski definition) is 4. The minimum atomic E-state index is -1.20. The highest BCUT2D eigenvalue weighted by Crippen LogP contribution is 2.33. The van der Waals surface area contributed by atoms with E-state index in [0.29, 0.717) is 25.7 Å². The van der Waals surface area contributed by atoms with E-state index < -0.39 is 11.6 Å². The van der Waals surface area contributed by atoms with Crippen LogP contribution in [0.25, 0.3) is 0 Å². The van der Waals surface area contributed by atoms with Crippen molar-refractivity contribution >= 4 is 0 Å². The van der Waals surface area contributed by atoms with Gasteiger partial charge in [0.2, 0.25) is 0 Å². The van der Waals surface area contributed by atoms with E-state index in [-0.39, 0.29) is 0 Å². The number of hydrogen-bond donors (Lipinski definition) is 2. The van der Waals surface area contributed by atoms with E-state index in [0.717, 1.165) is 51.4 Å². The SMILES string of the molecule is OC1(OOC2(O)CCCCCC2)CCCCCC1. The van der Waals surface area contributed by atoms with Gasteiger partial charge in [0.05, 0.1) is 0 Å². The van der Waals surface area contributed by atoms with Crippen LogP contribution in [0.5, 0.6) is 0 Å². The Balaban J connectivity index is 1.84. The fourth-order valence-electron chi connectivity index (χ4n) is 2.88. The van der Waals surface area contributed by atoms with Crippen molar-refractivity contribution in [2.24, 2.45) is 0 Å². The molecule has 0 heterocycles. The summed E-state index contributed by atoms with van der Waals surface area (Å²) in [6, 6.07) is 0. The van der Waals surface area contributed by atoms with Crippen molar-refractivity contribution in [3.05, 3.63) is 0 Å². The predicted molar refractivity (Wildman–Crippen MR) is 67.5 cm³/mol.